The van der Waals surface area contributed by atoms with E-state index >= 15 is 0 Å². The molecular formula is C16H25IN6O. The van der Waals surface area contributed by atoms with E-state index < -0.39 is 0 Å². The fraction of sp³-hybridized carbons (Fsp3) is 0.562. The molecule has 2 aromatic rings. The highest BCUT2D eigenvalue weighted by molar-refractivity contribution is 14.0. The summed E-state index contributed by atoms with van der Waals surface area (Å²) in [6.07, 6.45) is 3.82. The predicted molar refractivity (Wildman–Crippen MR) is 104 cm³/mol. The highest BCUT2D eigenvalue weighted by Crippen LogP contribution is 2.19. The Morgan fingerprint density at radius 2 is 2.33 bits per heavy atom. The summed E-state index contributed by atoms with van der Waals surface area (Å²) in [5.41, 5.74) is 0. The topological polar surface area (TPSA) is 71.5 Å². The Morgan fingerprint density at radius 3 is 3.04 bits per heavy atom. The third-order valence-electron chi connectivity index (χ3n) is 4.32. The van der Waals surface area contributed by atoms with Crippen LogP contribution in [-0.2, 0) is 19.5 Å². The molecule has 1 N–H and O–H groups in total. The number of halogens is 1. The Labute approximate surface area is 159 Å². The van der Waals surface area contributed by atoms with Crippen molar-refractivity contribution in [2.45, 2.75) is 32.9 Å². The van der Waals surface area contributed by atoms with Crippen LogP contribution < -0.4 is 5.32 Å². The average molecular weight is 444 g/mol. The van der Waals surface area contributed by atoms with Gasteiger partial charge >= 0.3 is 0 Å². The van der Waals surface area contributed by atoms with Crippen LogP contribution in [0.5, 0.6) is 0 Å². The van der Waals surface area contributed by atoms with Crippen molar-refractivity contribution in [3.05, 3.63) is 35.8 Å². The first-order valence-corrected chi connectivity index (χ1v) is 8.00. The van der Waals surface area contributed by atoms with Crippen LogP contribution in [0.15, 0.2) is 27.8 Å². The van der Waals surface area contributed by atoms with Gasteiger partial charge in [0.2, 0.25) is 0 Å². The minimum absolute atomic E-state index is 0. The molecule has 0 spiro atoms. The molecule has 24 heavy (non-hydrogen) atoms. The van der Waals surface area contributed by atoms with Gasteiger partial charge in [0.05, 0.1) is 12.8 Å². The number of aliphatic imine (C=N–C) groups is 1. The number of aromatic nitrogens is 3. The molecular weight excluding hydrogens is 419 g/mol. The Balaban J connectivity index is 0.00000208. The molecule has 0 aromatic carbocycles. The zero-order valence-corrected chi connectivity index (χ0v) is 16.7. The van der Waals surface area contributed by atoms with Crippen LogP contribution in [0.2, 0.25) is 0 Å². The van der Waals surface area contributed by atoms with Crippen molar-refractivity contribution < 1.29 is 4.42 Å². The summed E-state index contributed by atoms with van der Waals surface area (Å²) in [5, 5.41) is 11.9. The second-order valence-corrected chi connectivity index (χ2v) is 6.04. The number of fused-ring (bicyclic) bond motifs is 1. The minimum atomic E-state index is 0. The van der Waals surface area contributed by atoms with Crippen LogP contribution in [0.25, 0.3) is 0 Å². The van der Waals surface area contributed by atoms with Crippen molar-refractivity contribution in [1.29, 1.82) is 0 Å². The van der Waals surface area contributed by atoms with Gasteiger partial charge in [0.25, 0.3) is 0 Å². The maximum absolute atomic E-state index is 5.39. The Hall–Kier alpha value is -1.58. The summed E-state index contributed by atoms with van der Waals surface area (Å²) >= 11 is 0. The van der Waals surface area contributed by atoms with Gasteiger partial charge in [0.15, 0.2) is 5.96 Å². The zero-order valence-electron chi connectivity index (χ0n) is 14.4. The monoisotopic (exact) mass is 444 g/mol. The van der Waals surface area contributed by atoms with Crippen LogP contribution in [0.3, 0.4) is 0 Å². The van der Waals surface area contributed by atoms with Gasteiger partial charge in [0, 0.05) is 33.6 Å². The third-order valence-corrected chi connectivity index (χ3v) is 4.32. The van der Waals surface area contributed by atoms with Crippen molar-refractivity contribution in [2.75, 3.05) is 20.6 Å². The first kappa shape index (κ1) is 18.8. The summed E-state index contributed by atoms with van der Waals surface area (Å²) in [5.74, 6) is 4.48. The van der Waals surface area contributed by atoms with Gasteiger partial charge in [-0.25, -0.2) is 0 Å². The van der Waals surface area contributed by atoms with E-state index in [1.165, 1.54) is 0 Å². The van der Waals surface area contributed by atoms with E-state index in [9.17, 15) is 0 Å². The molecule has 0 radical (unpaired) electrons. The molecule has 132 valence electrons. The molecule has 3 rings (SSSR count). The summed E-state index contributed by atoms with van der Waals surface area (Å²) in [6.45, 7) is 4.58. The Morgan fingerprint density at radius 1 is 1.50 bits per heavy atom. The molecule has 1 unspecified atom stereocenters. The number of nitrogens with one attached hydrogen (secondary N) is 1. The SMILES string of the molecule is CN=C(NCC1CCc2nnc(C)n2C1)N(C)Cc1ccco1.I. The molecule has 3 heterocycles. The molecule has 0 saturated carbocycles. The van der Waals surface area contributed by atoms with Gasteiger partial charge < -0.3 is 19.2 Å². The van der Waals surface area contributed by atoms with E-state index in [1.807, 2.05) is 33.2 Å². The standard InChI is InChI=1S/C16H24N6O.HI/c1-12-19-20-15-7-6-13(10-22(12)15)9-18-16(17-2)21(3)11-14-5-4-8-23-14;/h4-5,8,13H,6-7,9-11H2,1-3H3,(H,17,18);1H. The molecule has 0 saturated heterocycles. The van der Waals surface area contributed by atoms with Crippen LogP contribution in [0, 0.1) is 12.8 Å². The van der Waals surface area contributed by atoms with E-state index in [-0.39, 0.29) is 24.0 Å². The highest BCUT2D eigenvalue weighted by atomic mass is 127. The van der Waals surface area contributed by atoms with E-state index in [0.717, 1.165) is 49.3 Å². The smallest absolute Gasteiger partial charge is 0.193 e. The largest absolute Gasteiger partial charge is 0.467 e. The zero-order chi connectivity index (χ0) is 16.2. The summed E-state index contributed by atoms with van der Waals surface area (Å²) in [7, 11) is 3.82. The molecule has 0 fully saturated rings. The minimum Gasteiger partial charge on any atom is -0.467 e. The number of furan rings is 1. The molecule has 7 nitrogen and oxygen atoms in total. The highest BCUT2D eigenvalue weighted by Gasteiger charge is 2.22. The van der Waals surface area contributed by atoms with Crippen molar-refractivity contribution >= 4 is 29.9 Å². The lowest BCUT2D eigenvalue weighted by Gasteiger charge is -2.27. The number of guanidine groups is 1. The third kappa shape index (κ3) is 4.28. The van der Waals surface area contributed by atoms with Gasteiger partial charge in [-0.3, -0.25) is 4.99 Å². The molecule has 2 aromatic heterocycles. The lowest BCUT2D eigenvalue weighted by atomic mass is 9.99. The predicted octanol–water partition coefficient (Wildman–Crippen LogP) is 2.07. The number of hydrogen-bond acceptors (Lipinski definition) is 4. The van der Waals surface area contributed by atoms with Crippen molar-refractivity contribution in [2.24, 2.45) is 10.9 Å². The van der Waals surface area contributed by atoms with Gasteiger partial charge in [-0.15, -0.1) is 34.2 Å². The normalized spacial score (nSPS) is 17.1. The second-order valence-electron chi connectivity index (χ2n) is 6.04. The molecule has 1 aliphatic rings. The van der Waals surface area contributed by atoms with E-state index in [0.29, 0.717) is 12.5 Å². The van der Waals surface area contributed by atoms with Crippen LogP contribution in [0.1, 0.15) is 23.8 Å². The summed E-state index contributed by atoms with van der Waals surface area (Å²) in [6, 6.07) is 3.88. The van der Waals surface area contributed by atoms with Crippen molar-refractivity contribution in [3.63, 3.8) is 0 Å². The molecule has 0 amide bonds. The van der Waals surface area contributed by atoms with Crippen molar-refractivity contribution in [3.8, 4) is 0 Å². The quantitative estimate of drug-likeness (QED) is 0.444. The molecule has 0 aliphatic carbocycles. The molecule has 1 aliphatic heterocycles. The van der Waals surface area contributed by atoms with Crippen LogP contribution in [-0.4, -0.2) is 46.3 Å². The summed E-state index contributed by atoms with van der Waals surface area (Å²) in [4.78, 5) is 6.43. The lowest BCUT2D eigenvalue weighted by molar-refractivity contribution is 0.348. The number of aryl methyl sites for hydroxylation is 2. The van der Waals surface area contributed by atoms with Gasteiger partial charge in [-0.1, -0.05) is 0 Å². The first-order valence-electron chi connectivity index (χ1n) is 8.00. The Bertz CT molecular complexity index is 666. The maximum Gasteiger partial charge on any atom is 0.193 e. The fourth-order valence-electron chi connectivity index (χ4n) is 3.03. The lowest BCUT2D eigenvalue weighted by Crippen LogP contribution is -2.42. The Kier molecular flexibility index (Phi) is 6.64. The average Bonchev–Trinajstić information content (AvgIpc) is 3.18. The fourth-order valence-corrected chi connectivity index (χ4v) is 3.03. The van der Waals surface area contributed by atoms with Gasteiger partial charge in [-0.2, -0.15) is 0 Å². The van der Waals surface area contributed by atoms with Crippen LogP contribution >= 0.6 is 24.0 Å². The van der Waals surface area contributed by atoms with E-state index in [2.05, 4.69) is 30.0 Å². The molecule has 8 heteroatoms. The van der Waals surface area contributed by atoms with Gasteiger partial charge in [-0.05, 0) is 31.4 Å². The van der Waals surface area contributed by atoms with Crippen LogP contribution in [0.4, 0.5) is 0 Å². The number of hydrogen-bond donors (Lipinski definition) is 1. The van der Waals surface area contributed by atoms with Gasteiger partial charge in [0.1, 0.15) is 17.4 Å². The number of nitrogens with zero attached hydrogens (tertiary/aromatic N) is 5. The van der Waals surface area contributed by atoms with E-state index in [1.54, 1.807) is 6.26 Å². The van der Waals surface area contributed by atoms with E-state index in [4.69, 9.17) is 4.42 Å². The number of rotatable bonds is 4. The second kappa shape index (κ2) is 8.50. The maximum atomic E-state index is 5.39. The summed E-state index contributed by atoms with van der Waals surface area (Å²) < 4.78 is 7.62. The molecule has 1 atom stereocenters. The van der Waals surface area contributed by atoms with Crippen molar-refractivity contribution in [1.82, 2.24) is 25.0 Å². The first-order chi connectivity index (χ1) is 11.2. The molecule has 0 bridgehead atoms.